The molecule has 6 heteroatoms. The summed E-state index contributed by atoms with van der Waals surface area (Å²) in [5, 5.41) is 3.00. The summed E-state index contributed by atoms with van der Waals surface area (Å²) in [5.74, 6) is 2.11. The lowest BCUT2D eigenvalue weighted by Crippen LogP contribution is -2.43. The smallest absolute Gasteiger partial charge is 0.254 e. The summed E-state index contributed by atoms with van der Waals surface area (Å²) in [7, 11) is 0. The van der Waals surface area contributed by atoms with Gasteiger partial charge >= 0.3 is 0 Å². The molecule has 1 saturated heterocycles. The van der Waals surface area contributed by atoms with E-state index in [4.69, 9.17) is 13.6 Å². The highest BCUT2D eigenvalue weighted by Gasteiger charge is 2.25. The summed E-state index contributed by atoms with van der Waals surface area (Å²) in [5.41, 5.74) is 0.586. The molecular formula is C17H22N2O4. The Morgan fingerprint density at radius 1 is 1.35 bits per heavy atom. The van der Waals surface area contributed by atoms with E-state index in [0.29, 0.717) is 31.1 Å². The predicted octanol–water partition coefficient (Wildman–Crippen LogP) is 2.29. The van der Waals surface area contributed by atoms with E-state index in [2.05, 4.69) is 10.2 Å². The van der Waals surface area contributed by atoms with Crippen LogP contribution in [-0.2, 0) is 4.74 Å². The molecule has 0 saturated carbocycles. The lowest BCUT2D eigenvalue weighted by molar-refractivity contribution is 0.0118. The van der Waals surface area contributed by atoms with Crippen LogP contribution in [-0.4, -0.2) is 43.7 Å². The van der Waals surface area contributed by atoms with Crippen LogP contribution in [0.2, 0.25) is 0 Å². The number of carbonyl (C=O) groups excluding carboxylic acids is 1. The third-order valence-electron chi connectivity index (χ3n) is 4.10. The van der Waals surface area contributed by atoms with Crippen LogP contribution in [0.1, 0.15) is 33.7 Å². The number of carbonyl (C=O) groups is 1. The van der Waals surface area contributed by atoms with Crippen molar-refractivity contribution >= 4 is 5.91 Å². The van der Waals surface area contributed by atoms with Crippen molar-refractivity contribution in [2.75, 3.05) is 32.8 Å². The van der Waals surface area contributed by atoms with Crippen molar-refractivity contribution in [1.29, 1.82) is 0 Å². The number of rotatable bonds is 5. The van der Waals surface area contributed by atoms with E-state index in [-0.39, 0.29) is 11.9 Å². The SMILES string of the molecule is Cc1cc(C(=O)NCC(c2ccco2)N2CCOCC2)c(C)o1. The lowest BCUT2D eigenvalue weighted by atomic mass is 10.1. The van der Waals surface area contributed by atoms with Crippen LogP contribution in [0, 0.1) is 13.8 Å². The maximum atomic E-state index is 12.4. The molecule has 0 spiro atoms. The highest BCUT2D eigenvalue weighted by atomic mass is 16.5. The first-order valence-corrected chi connectivity index (χ1v) is 7.85. The number of morpholine rings is 1. The van der Waals surface area contributed by atoms with Crippen molar-refractivity contribution in [3.63, 3.8) is 0 Å². The standard InChI is InChI=1S/C17H22N2O4/c1-12-10-14(13(2)23-12)17(20)18-11-15(16-4-3-7-22-16)19-5-8-21-9-6-19/h3-4,7,10,15H,5-6,8-9,11H2,1-2H3,(H,18,20). The van der Waals surface area contributed by atoms with Gasteiger partial charge in [-0.1, -0.05) is 0 Å². The summed E-state index contributed by atoms with van der Waals surface area (Å²) in [6.07, 6.45) is 1.66. The van der Waals surface area contributed by atoms with Gasteiger partial charge in [-0.05, 0) is 32.0 Å². The van der Waals surface area contributed by atoms with E-state index in [1.54, 1.807) is 19.3 Å². The van der Waals surface area contributed by atoms with Crippen LogP contribution in [0.3, 0.4) is 0 Å². The molecule has 3 heterocycles. The van der Waals surface area contributed by atoms with Crippen LogP contribution < -0.4 is 5.32 Å². The summed E-state index contributed by atoms with van der Waals surface area (Å²) in [6, 6.07) is 5.58. The first-order chi connectivity index (χ1) is 11.1. The van der Waals surface area contributed by atoms with Gasteiger partial charge in [0.15, 0.2) is 0 Å². The molecule has 1 fully saturated rings. The molecular weight excluding hydrogens is 296 g/mol. The maximum Gasteiger partial charge on any atom is 0.254 e. The molecule has 124 valence electrons. The predicted molar refractivity (Wildman–Crippen MR) is 84.4 cm³/mol. The molecule has 1 N–H and O–H groups in total. The minimum atomic E-state index is -0.121. The van der Waals surface area contributed by atoms with E-state index >= 15 is 0 Å². The van der Waals surface area contributed by atoms with Crippen molar-refractivity contribution in [2.24, 2.45) is 0 Å². The molecule has 6 nitrogen and oxygen atoms in total. The third-order valence-corrected chi connectivity index (χ3v) is 4.10. The van der Waals surface area contributed by atoms with E-state index in [0.717, 1.165) is 24.6 Å². The first kappa shape index (κ1) is 15.8. The fraction of sp³-hybridized carbons (Fsp3) is 0.471. The molecule has 2 aromatic rings. The third kappa shape index (κ3) is 3.65. The van der Waals surface area contributed by atoms with Gasteiger partial charge < -0.3 is 18.9 Å². The highest BCUT2D eigenvalue weighted by Crippen LogP contribution is 2.22. The van der Waals surface area contributed by atoms with E-state index in [1.807, 2.05) is 19.1 Å². The topological polar surface area (TPSA) is 67.9 Å². The van der Waals surface area contributed by atoms with Gasteiger partial charge in [0, 0.05) is 19.6 Å². The normalized spacial score (nSPS) is 17.1. The monoisotopic (exact) mass is 318 g/mol. The minimum absolute atomic E-state index is 0.00570. The Kier molecular flexibility index (Phi) is 4.83. The van der Waals surface area contributed by atoms with Crippen LogP contribution in [0.4, 0.5) is 0 Å². The molecule has 1 atom stereocenters. The van der Waals surface area contributed by atoms with Crippen LogP contribution in [0.15, 0.2) is 33.3 Å². The Labute approximate surface area is 135 Å². The molecule has 1 amide bonds. The van der Waals surface area contributed by atoms with Gasteiger partial charge in [0.05, 0.1) is 31.1 Å². The minimum Gasteiger partial charge on any atom is -0.468 e. The van der Waals surface area contributed by atoms with Gasteiger partial charge in [-0.25, -0.2) is 0 Å². The number of hydrogen-bond donors (Lipinski definition) is 1. The van der Waals surface area contributed by atoms with E-state index in [1.165, 1.54) is 0 Å². The maximum absolute atomic E-state index is 12.4. The van der Waals surface area contributed by atoms with Crippen molar-refractivity contribution < 1.29 is 18.4 Å². The fourth-order valence-electron chi connectivity index (χ4n) is 2.92. The van der Waals surface area contributed by atoms with Gasteiger partial charge in [-0.15, -0.1) is 0 Å². The summed E-state index contributed by atoms with van der Waals surface area (Å²) < 4.78 is 16.4. The summed E-state index contributed by atoms with van der Waals surface area (Å²) in [6.45, 7) is 7.17. The fourth-order valence-corrected chi connectivity index (χ4v) is 2.92. The molecule has 23 heavy (non-hydrogen) atoms. The molecule has 2 aromatic heterocycles. The highest BCUT2D eigenvalue weighted by molar-refractivity contribution is 5.95. The van der Waals surface area contributed by atoms with Crippen molar-refractivity contribution in [3.8, 4) is 0 Å². The Balaban J connectivity index is 1.69. The number of ether oxygens (including phenoxy) is 1. The second kappa shape index (κ2) is 7.02. The number of furan rings is 2. The lowest BCUT2D eigenvalue weighted by Gasteiger charge is -2.33. The van der Waals surface area contributed by atoms with Crippen LogP contribution >= 0.6 is 0 Å². The molecule has 1 aliphatic heterocycles. The Hall–Kier alpha value is -2.05. The molecule has 0 aromatic carbocycles. The number of hydrogen-bond acceptors (Lipinski definition) is 5. The second-order valence-electron chi connectivity index (χ2n) is 5.72. The number of nitrogens with one attached hydrogen (secondary N) is 1. The van der Waals surface area contributed by atoms with Gasteiger partial charge in [0.2, 0.25) is 0 Å². The Morgan fingerprint density at radius 2 is 2.13 bits per heavy atom. The zero-order valence-electron chi connectivity index (χ0n) is 13.5. The zero-order valence-corrected chi connectivity index (χ0v) is 13.5. The molecule has 3 rings (SSSR count). The average Bonchev–Trinajstić information content (AvgIpc) is 3.18. The van der Waals surface area contributed by atoms with E-state index in [9.17, 15) is 4.79 Å². The summed E-state index contributed by atoms with van der Waals surface area (Å²) >= 11 is 0. The average molecular weight is 318 g/mol. The van der Waals surface area contributed by atoms with Crippen molar-refractivity contribution in [2.45, 2.75) is 19.9 Å². The first-order valence-electron chi connectivity index (χ1n) is 7.85. The number of amides is 1. The molecule has 0 bridgehead atoms. The molecule has 1 aliphatic rings. The summed E-state index contributed by atoms with van der Waals surface area (Å²) in [4.78, 5) is 14.7. The molecule has 0 radical (unpaired) electrons. The van der Waals surface area contributed by atoms with Gasteiger partial charge in [0.1, 0.15) is 17.3 Å². The Bertz CT molecular complexity index is 642. The van der Waals surface area contributed by atoms with Gasteiger partial charge in [-0.2, -0.15) is 0 Å². The Morgan fingerprint density at radius 3 is 2.74 bits per heavy atom. The van der Waals surface area contributed by atoms with Gasteiger partial charge in [-0.3, -0.25) is 9.69 Å². The second-order valence-corrected chi connectivity index (χ2v) is 5.72. The van der Waals surface area contributed by atoms with Crippen LogP contribution in [0.25, 0.3) is 0 Å². The number of aryl methyl sites for hydroxylation is 2. The van der Waals surface area contributed by atoms with E-state index < -0.39 is 0 Å². The molecule has 0 aliphatic carbocycles. The van der Waals surface area contributed by atoms with Crippen LogP contribution in [0.5, 0.6) is 0 Å². The van der Waals surface area contributed by atoms with Crippen molar-refractivity contribution in [1.82, 2.24) is 10.2 Å². The van der Waals surface area contributed by atoms with Crippen molar-refractivity contribution in [3.05, 3.63) is 47.3 Å². The molecule has 1 unspecified atom stereocenters. The zero-order chi connectivity index (χ0) is 16.2. The quantitative estimate of drug-likeness (QED) is 0.916. The number of nitrogens with zero attached hydrogens (tertiary/aromatic N) is 1. The van der Waals surface area contributed by atoms with Gasteiger partial charge in [0.25, 0.3) is 5.91 Å². The largest absolute Gasteiger partial charge is 0.468 e.